The molecule has 1 atom stereocenters. The van der Waals surface area contributed by atoms with Crippen LogP contribution in [0.4, 0.5) is 5.69 Å². The first-order valence-corrected chi connectivity index (χ1v) is 8.67. The highest BCUT2D eigenvalue weighted by atomic mass is 16.5. The van der Waals surface area contributed by atoms with Crippen molar-refractivity contribution in [3.8, 4) is 5.88 Å². The molecule has 1 heterocycles. The smallest absolute Gasteiger partial charge is 0.326 e. The fourth-order valence-electron chi connectivity index (χ4n) is 2.80. The maximum atomic E-state index is 12.2. The van der Waals surface area contributed by atoms with Gasteiger partial charge in [0, 0.05) is 5.39 Å². The summed E-state index contributed by atoms with van der Waals surface area (Å²) < 4.78 is 6.26. The van der Waals surface area contributed by atoms with Crippen LogP contribution in [-0.2, 0) is 20.9 Å². The van der Waals surface area contributed by atoms with Crippen molar-refractivity contribution in [2.45, 2.75) is 19.6 Å². The molecule has 3 rings (SSSR count). The minimum atomic E-state index is -1.46. The molecule has 2 N–H and O–H groups in total. The Kier molecular flexibility index (Phi) is 5.81. The average Bonchev–Trinajstić information content (AvgIpc) is 2.97. The van der Waals surface area contributed by atoms with Crippen LogP contribution in [0.1, 0.15) is 18.6 Å². The van der Waals surface area contributed by atoms with Crippen molar-refractivity contribution in [1.29, 1.82) is 0 Å². The number of fused-ring (bicyclic) bond motifs is 1. The van der Waals surface area contributed by atoms with E-state index in [1.54, 1.807) is 61.5 Å². The Bertz CT molecular complexity index is 1030. The lowest BCUT2D eigenvalue weighted by Gasteiger charge is -2.06. The highest BCUT2D eigenvalue weighted by Gasteiger charge is 2.21. The van der Waals surface area contributed by atoms with E-state index in [4.69, 9.17) is 4.74 Å². The number of carbonyl (C=O) groups is 2. The maximum absolute atomic E-state index is 12.2. The van der Waals surface area contributed by atoms with Gasteiger partial charge in [-0.25, -0.2) is 0 Å². The standard InChI is InChI=1S/C20H19N3O5/c1-2-28-16(24)12-23-15-11-7-6-10-14(15)17(20(23)27)21-22-19(26)18(25)13-8-4-3-5-9-13/h3-11,18,25,27H,2,12H2,1H3/t18-/m1/s1. The summed E-state index contributed by atoms with van der Waals surface area (Å²) in [5.41, 5.74) is 0.965. The van der Waals surface area contributed by atoms with E-state index in [0.29, 0.717) is 16.5 Å². The molecule has 0 bridgehead atoms. The molecule has 8 heteroatoms. The molecule has 0 aliphatic heterocycles. The van der Waals surface area contributed by atoms with Crippen LogP contribution >= 0.6 is 0 Å². The molecule has 144 valence electrons. The summed E-state index contributed by atoms with van der Waals surface area (Å²) in [4.78, 5) is 24.0. The number of aromatic hydroxyl groups is 1. The first-order chi connectivity index (χ1) is 13.5. The summed E-state index contributed by atoms with van der Waals surface area (Å²) in [5, 5.41) is 28.5. The Hall–Kier alpha value is -3.52. The van der Waals surface area contributed by atoms with Crippen LogP contribution in [0.3, 0.4) is 0 Å². The van der Waals surface area contributed by atoms with Gasteiger partial charge in [0.1, 0.15) is 6.54 Å². The van der Waals surface area contributed by atoms with Gasteiger partial charge in [-0.05, 0) is 18.6 Å². The normalized spacial score (nSPS) is 12.4. The second-order valence-corrected chi connectivity index (χ2v) is 5.93. The Morgan fingerprint density at radius 2 is 1.79 bits per heavy atom. The molecular weight excluding hydrogens is 362 g/mol. The van der Waals surface area contributed by atoms with Gasteiger partial charge in [0.2, 0.25) is 5.88 Å². The van der Waals surface area contributed by atoms with E-state index in [9.17, 15) is 19.8 Å². The number of rotatable bonds is 6. The maximum Gasteiger partial charge on any atom is 0.326 e. The monoisotopic (exact) mass is 381 g/mol. The largest absolute Gasteiger partial charge is 0.493 e. The third-order valence-electron chi connectivity index (χ3n) is 4.11. The number of ether oxygens (including phenoxy) is 1. The Morgan fingerprint density at radius 1 is 1.11 bits per heavy atom. The zero-order valence-electron chi connectivity index (χ0n) is 15.1. The second-order valence-electron chi connectivity index (χ2n) is 5.93. The van der Waals surface area contributed by atoms with E-state index in [0.717, 1.165) is 0 Å². The summed E-state index contributed by atoms with van der Waals surface area (Å²) >= 11 is 0. The first-order valence-electron chi connectivity index (χ1n) is 8.67. The minimum Gasteiger partial charge on any atom is -0.493 e. The SMILES string of the molecule is CCOC(=O)Cn1c(O)c(N=NC(=O)[C@H](O)c2ccccc2)c2ccccc21. The highest BCUT2D eigenvalue weighted by molar-refractivity contribution is 5.96. The summed E-state index contributed by atoms with van der Waals surface area (Å²) in [7, 11) is 0. The topological polar surface area (TPSA) is 113 Å². The lowest BCUT2D eigenvalue weighted by atomic mass is 10.1. The number of carbonyl (C=O) groups excluding carboxylic acids is 2. The lowest BCUT2D eigenvalue weighted by Crippen LogP contribution is -2.12. The molecule has 0 spiro atoms. The molecule has 0 aliphatic rings. The molecule has 0 saturated heterocycles. The minimum absolute atomic E-state index is 0.0357. The van der Waals surface area contributed by atoms with Gasteiger partial charge < -0.3 is 14.9 Å². The summed E-state index contributed by atoms with van der Waals surface area (Å²) in [6.07, 6.45) is -1.46. The third kappa shape index (κ3) is 3.91. The van der Waals surface area contributed by atoms with Crippen molar-refractivity contribution in [3.63, 3.8) is 0 Å². The number of nitrogens with zero attached hydrogens (tertiary/aromatic N) is 3. The Morgan fingerprint density at radius 3 is 2.50 bits per heavy atom. The van der Waals surface area contributed by atoms with Gasteiger partial charge in [0.15, 0.2) is 11.8 Å². The Labute approximate surface area is 160 Å². The van der Waals surface area contributed by atoms with Gasteiger partial charge in [0.05, 0.1) is 12.1 Å². The summed E-state index contributed by atoms with van der Waals surface area (Å²) in [6, 6.07) is 15.2. The molecule has 1 aromatic heterocycles. The zero-order chi connectivity index (χ0) is 20.1. The Balaban J connectivity index is 1.92. The van der Waals surface area contributed by atoms with Gasteiger partial charge in [-0.2, -0.15) is 0 Å². The van der Waals surface area contributed by atoms with Crippen LogP contribution in [-0.4, -0.2) is 33.3 Å². The molecule has 2 aromatic carbocycles. The number of amides is 1. The molecule has 0 radical (unpaired) electrons. The van der Waals surface area contributed by atoms with E-state index in [1.165, 1.54) is 4.57 Å². The number of hydrogen-bond donors (Lipinski definition) is 2. The number of aliphatic hydroxyl groups is 1. The van der Waals surface area contributed by atoms with E-state index in [1.807, 2.05) is 0 Å². The van der Waals surface area contributed by atoms with E-state index < -0.39 is 18.0 Å². The van der Waals surface area contributed by atoms with Crippen molar-refractivity contribution in [2.75, 3.05) is 6.61 Å². The van der Waals surface area contributed by atoms with Crippen molar-refractivity contribution < 1.29 is 24.5 Å². The molecule has 0 aliphatic carbocycles. The molecule has 3 aromatic rings. The van der Waals surface area contributed by atoms with Gasteiger partial charge in [-0.15, -0.1) is 10.2 Å². The zero-order valence-corrected chi connectivity index (χ0v) is 15.1. The third-order valence-corrected chi connectivity index (χ3v) is 4.11. The van der Waals surface area contributed by atoms with E-state index in [2.05, 4.69) is 10.2 Å². The molecule has 8 nitrogen and oxygen atoms in total. The molecule has 28 heavy (non-hydrogen) atoms. The van der Waals surface area contributed by atoms with Crippen molar-refractivity contribution in [3.05, 3.63) is 60.2 Å². The predicted molar refractivity (Wildman–Crippen MR) is 101 cm³/mol. The van der Waals surface area contributed by atoms with Gasteiger partial charge in [0.25, 0.3) is 5.91 Å². The fraction of sp³-hybridized carbons (Fsp3) is 0.200. The number of azo groups is 1. The van der Waals surface area contributed by atoms with Crippen molar-refractivity contribution >= 4 is 28.5 Å². The molecule has 1 amide bonds. The number of benzene rings is 2. The van der Waals surface area contributed by atoms with Crippen LogP contribution < -0.4 is 0 Å². The van der Waals surface area contributed by atoms with Crippen LogP contribution in [0.25, 0.3) is 10.9 Å². The van der Waals surface area contributed by atoms with Crippen LogP contribution in [0.15, 0.2) is 64.8 Å². The summed E-state index contributed by atoms with van der Waals surface area (Å²) in [6.45, 7) is 1.70. The molecular formula is C20H19N3O5. The number of aliphatic hydroxyl groups excluding tert-OH is 1. The predicted octanol–water partition coefficient (Wildman–Crippen LogP) is 3.25. The van der Waals surface area contributed by atoms with Gasteiger partial charge in [-0.3, -0.25) is 14.2 Å². The quantitative estimate of drug-likeness (QED) is 0.503. The fourth-order valence-corrected chi connectivity index (χ4v) is 2.80. The van der Waals surface area contributed by atoms with Crippen molar-refractivity contribution in [2.24, 2.45) is 10.2 Å². The number of aromatic nitrogens is 1. The number of para-hydroxylation sites is 1. The van der Waals surface area contributed by atoms with Gasteiger partial charge >= 0.3 is 5.97 Å². The number of hydrogen-bond acceptors (Lipinski definition) is 6. The van der Waals surface area contributed by atoms with E-state index in [-0.39, 0.29) is 24.7 Å². The number of esters is 1. The highest BCUT2D eigenvalue weighted by Crippen LogP contribution is 2.38. The molecule has 0 fully saturated rings. The van der Waals surface area contributed by atoms with Crippen LogP contribution in [0, 0.1) is 0 Å². The van der Waals surface area contributed by atoms with E-state index >= 15 is 0 Å². The van der Waals surface area contributed by atoms with Gasteiger partial charge in [-0.1, -0.05) is 48.5 Å². The van der Waals surface area contributed by atoms with Crippen molar-refractivity contribution in [1.82, 2.24) is 4.57 Å². The average molecular weight is 381 g/mol. The first kappa shape index (κ1) is 19.2. The van der Waals surface area contributed by atoms with Crippen LogP contribution in [0.5, 0.6) is 5.88 Å². The summed E-state index contributed by atoms with van der Waals surface area (Å²) in [5.74, 6) is -1.70. The lowest BCUT2D eigenvalue weighted by molar-refractivity contribution is -0.143. The molecule has 0 unspecified atom stereocenters. The van der Waals surface area contributed by atoms with Crippen LogP contribution in [0.2, 0.25) is 0 Å². The molecule has 0 saturated carbocycles. The second kappa shape index (κ2) is 8.45.